The molecule has 2 aromatic heterocycles. The molecular formula is C18H16N4O2S. The zero-order chi connectivity index (χ0) is 17.6. The molecule has 0 atom stereocenters. The summed E-state index contributed by atoms with van der Waals surface area (Å²) < 4.78 is 1.24. The van der Waals surface area contributed by atoms with Crippen molar-refractivity contribution < 1.29 is 4.79 Å². The summed E-state index contributed by atoms with van der Waals surface area (Å²) in [6.07, 6.45) is 5.30. The average molecular weight is 352 g/mol. The normalized spacial score (nSPS) is 10.4. The highest BCUT2D eigenvalue weighted by atomic mass is 32.1. The monoisotopic (exact) mass is 352 g/mol. The fraction of sp³-hybridized carbons (Fsp3) is 0.167. The molecular weight excluding hydrogens is 336 g/mol. The lowest BCUT2D eigenvalue weighted by Crippen LogP contribution is -2.35. The van der Waals surface area contributed by atoms with Crippen LogP contribution in [0.4, 0.5) is 4.79 Å². The van der Waals surface area contributed by atoms with Gasteiger partial charge in [-0.3, -0.25) is 4.79 Å². The molecule has 2 N–H and O–H groups in total. The standard InChI is InChI=1S/C18H16N4O2S/c1-2-9-22-17(23)15-8-4-3-7-14(15)16(21-22)12-20-18(24)19-11-13-6-5-10-25-13/h1,3-8,10H,9,11-12H2,(H2,19,20,24). The molecule has 0 radical (unpaired) electrons. The van der Waals surface area contributed by atoms with Gasteiger partial charge in [0.2, 0.25) is 0 Å². The highest BCUT2D eigenvalue weighted by molar-refractivity contribution is 7.09. The van der Waals surface area contributed by atoms with Crippen molar-refractivity contribution in [1.82, 2.24) is 20.4 Å². The lowest BCUT2D eigenvalue weighted by molar-refractivity contribution is 0.240. The molecule has 2 amide bonds. The van der Waals surface area contributed by atoms with E-state index in [1.807, 2.05) is 29.6 Å². The Kier molecular flexibility index (Phi) is 5.11. The summed E-state index contributed by atoms with van der Waals surface area (Å²) in [5.41, 5.74) is 0.358. The number of amides is 2. The van der Waals surface area contributed by atoms with Crippen LogP contribution in [-0.2, 0) is 19.6 Å². The molecule has 7 heteroatoms. The van der Waals surface area contributed by atoms with E-state index in [0.29, 0.717) is 23.0 Å². The minimum Gasteiger partial charge on any atom is -0.333 e. The van der Waals surface area contributed by atoms with Crippen LogP contribution in [0.5, 0.6) is 0 Å². The van der Waals surface area contributed by atoms with Crippen LogP contribution in [-0.4, -0.2) is 15.8 Å². The lowest BCUT2D eigenvalue weighted by atomic mass is 10.1. The molecule has 0 aliphatic heterocycles. The molecule has 0 bridgehead atoms. The lowest BCUT2D eigenvalue weighted by Gasteiger charge is -2.11. The van der Waals surface area contributed by atoms with E-state index < -0.39 is 0 Å². The zero-order valence-electron chi connectivity index (χ0n) is 13.4. The highest BCUT2D eigenvalue weighted by Crippen LogP contribution is 2.13. The van der Waals surface area contributed by atoms with Crippen LogP contribution >= 0.6 is 11.3 Å². The van der Waals surface area contributed by atoms with Crippen LogP contribution in [0, 0.1) is 12.3 Å². The number of fused-ring (bicyclic) bond motifs is 1. The summed E-state index contributed by atoms with van der Waals surface area (Å²) in [4.78, 5) is 25.4. The number of urea groups is 1. The van der Waals surface area contributed by atoms with E-state index >= 15 is 0 Å². The molecule has 2 heterocycles. The first-order chi connectivity index (χ1) is 12.2. The summed E-state index contributed by atoms with van der Waals surface area (Å²) in [5, 5.41) is 13.0. The predicted molar refractivity (Wildman–Crippen MR) is 98.2 cm³/mol. The van der Waals surface area contributed by atoms with Crippen LogP contribution in [0.2, 0.25) is 0 Å². The number of rotatable bonds is 5. The first-order valence-corrected chi connectivity index (χ1v) is 8.53. The molecule has 3 aromatic rings. The van der Waals surface area contributed by atoms with Gasteiger partial charge in [0.25, 0.3) is 5.56 Å². The van der Waals surface area contributed by atoms with Crippen LogP contribution in [0.1, 0.15) is 10.6 Å². The molecule has 0 aliphatic rings. The topological polar surface area (TPSA) is 76.0 Å². The largest absolute Gasteiger partial charge is 0.333 e. The smallest absolute Gasteiger partial charge is 0.315 e. The Balaban J connectivity index is 1.76. The summed E-state index contributed by atoms with van der Waals surface area (Å²) in [7, 11) is 0. The van der Waals surface area contributed by atoms with Crippen LogP contribution in [0.3, 0.4) is 0 Å². The second-order valence-electron chi connectivity index (χ2n) is 5.27. The van der Waals surface area contributed by atoms with Crippen molar-refractivity contribution in [2.24, 2.45) is 0 Å². The Morgan fingerprint density at radius 1 is 1.16 bits per heavy atom. The molecule has 126 valence electrons. The van der Waals surface area contributed by atoms with Crippen molar-refractivity contribution in [3.8, 4) is 12.3 Å². The number of thiophene rings is 1. The number of hydrogen-bond donors (Lipinski definition) is 2. The van der Waals surface area contributed by atoms with Gasteiger partial charge in [-0.25, -0.2) is 9.48 Å². The molecule has 0 unspecified atom stereocenters. The van der Waals surface area contributed by atoms with Gasteiger partial charge in [0.05, 0.1) is 24.2 Å². The van der Waals surface area contributed by atoms with Crippen LogP contribution in [0.15, 0.2) is 46.6 Å². The van der Waals surface area contributed by atoms with Crippen LogP contribution < -0.4 is 16.2 Å². The number of nitrogens with zero attached hydrogens (tertiary/aromatic N) is 2. The summed E-state index contributed by atoms with van der Waals surface area (Å²) in [5.74, 6) is 2.42. The van der Waals surface area contributed by atoms with Gasteiger partial charge in [-0.2, -0.15) is 5.10 Å². The van der Waals surface area contributed by atoms with Crippen molar-refractivity contribution in [3.05, 3.63) is 62.7 Å². The fourth-order valence-electron chi connectivity index (χ4n) is 2.44. The third-order valence-electron chi connectivity index (χ3n) is 3.60. The van der Waals surface area contributed by atoms with E-state index in [0.717, 1.165) is 4.88 Å². The van der Waals surface area contributed by atoms with E-state index in [2.05, 4.69) is 21.7 Å². The van der Waals surface area contributed by atoms with Gasteiger partial charge >= 0.3 is 6.03 Å². The van der Waals surface area contributed by atoms with E-state index in [1.165, 1.54) is 4.68 Å². The Bertz CT molecular complexity index is 986. The van der Waals surface area contributed by atoms with Crippen LogP contribution in [0.25, 0.3) is 10.8 Å². The van der Waals surface area contributed by atoms with Gasteiger partial charge in [0, 0.05) is 10.3 Å². The first kappa shape index (κ1) is 16.7. The minimum absolute atomic E-state index is 0.0846. The summed E-state index contributed by atoms with van der Waals surface area (Å²) in [6.45, 7) is 0.747. The maximum atomic E-state index is 12.3. The van der Waals surface area contributed by atoms with E-state index in [4.69, 9.17) is 6.42 Å². The highest BCUT2D eigenvalue weighted by Gasteiger charge is 2.11. The van der Waals surface area contributed by atoms with E-state index in [9.17, 15) is 9.59 Å². The maximum Gasteiger partial charge on any atom is 0.315 e. The number of carbonyl (C=O) groups is 1. The number of terminal acetylenes is 1. The first-order valence-electron chi connectivity index (χ1n) is 7.65. The molecule has 1 aromatic carbocycles. The molecule has 3 rings (SSSR count). The van der Waals surface area contributed by atoms with Gasteiger partial charge in [0.15, 0.2) is 0 Å². The molecule has 0 spiro atoms. The van der Waals surface area contributed by atoms with Crippen molar-refractivity contribution in [3.63, 3.8) is 0 Å². The molecule has 6 nitrogen and oxygen atoms in total. The van der Waals surface area contributed by atoms with Crippen molar-refractivity contribution in [2.75, 3.05) is 0 Å². The molecule has 0 saturated carbocycles. The third kappa shape index (κ3) is 3.87. The maximum absolute atomic E-state index is 12.3. The van der Waals surface area contributed by atoms with Crippen molar-refractivity contribution >= 4 is 28.1 Å². The molecule has 0 fully saturated rings. The quantitative estimate of drug-likeness (QED) is 0.691. The Labute approximate surface area is 148 Å². The second kappa shape index (κ2) is 7.64. The van der Waals surface area contributed by atoms with Gasteiger partial charge in [-0.05, 0) is 17.5 Å². The van der Waals surface area contributed by atoms with Gasteiger partial charge in [-0.15, -0.1) is 17.8 Å². The fourth-order valence-corrected chi connectivity index (χ4v) is 3.08. The van der Waals surface area contributed by atoms with Crippen molar-refractivity contribution in [2.45, 2.75) is 19.6 Å². The summed E-state index contributed by atoms with van der Waals surface area (Å²) in [6, 6.07) is 10.7. The molecule has 25 heavy (non-hydrogen) atoms. The zero-order valence-corrected chi connectivity index (χ0v) is 14.2. The minimum atomic E-state index is -0.297. The number of aromatic nitrogens is 2. The number of benzene rings is 1. The van der Waals surface area contributed by atoms with Crippen molar-refractivity contribution in [1.29, 1.82) is 0 Å². The number of carbonyl (C=O) groups excluding carboxylic acids is 1. The van der Waals surface area contributed by atoms with Gasteiger partial charge in [0.1, 0.15) is 6.54 Å². The SMILES string of the molecule is C#CCn1nc(CNC(=O)NCc2cccs2)c2ccccc2c1=O. The Morgan fingerprint density at radius 2 is 1.92 bits per heavy atom. The predicted octanol–water partition coefficient (Wildman–Crippen LogP) is 2.09. The van der Waals surface area contributed by atoms with Gasteiger partial charge < -0.3 is 10.6 Å². The Morgan fingerprint density at radius 3 is 2.64 bits per heavy atom. The molecule has 0 aliphatic carbocycles. The van der Waals surface area contributed by atoms with E-state index in [1.54, 1.807) is 23.5 Å². The summed E-state index contributed by atoms with van der Waals surface area (Å²) >= 11 is 1.58. The van der Waals surface area contributed by atoms with E-state index in [-0.39, 0.29) is 24.7 Å². The average Bonchev–Trinajstić information content (AvgIpc) is 3.15. The Hall–Kier alpha value is -3.11. The third-order valence-corrected chi connectivity index (χ3v) is 4.48. The molecule has 0 saturated heterocycles. The second-order valence-corrected chi connectivity index (χ2v) is 6.31. The number of hydrogen-bond acceptors (Lipinski definition) is 4. The van der Waals surface area contributed by atoms with Gasteiger partial charge in [-0.1, -0.05) is 30.2 Å². The number of nitrogens with one attached hydrogen (secondary N) is 2.